The third-order valence-corrected chi connectivity index (χ3v) is 3.24. The first-order chi connectivity index (χ1) is 11.0. The van der Waals surface area contributed by atoms with E-state index >= 15 is 0 Å². The molecule has 0 aliphatic rings. The van der Waals surface area contributed by atoms with Crippen molar-refractivity contribution in [1.82, 2.24) is 9.66 Å². The fourth-order valence-electron chi connectivity index (χ4n) is 2.13. The first-order valence-electron chi connectivity index (χ1n) is 6.64. The largest absolute Gasteiger partial charge is 0.417 e. The smallest absolute Gasteiger partial charge is 0.267 e. The topological polar surface area (TPSA) is 47.2 Å². The minimum Gasteiger partial charge on any atom is -0.267 e. The summed E-state index contributed by atoms with van der Waals surface area (Å²) >= 11 is 0. The Balaban J connectivity index is 2.05. The van der Waals surface area contributed by atoms with Crippen LogP contribution in [0.25, 0.3) is 10.9 Å². The van der Waals surface area contributed by atoms with Crippen LogP contribution in [0.1, 0.15) is 11.1 Å². The second-order valence-corrected chi connectivity index (χ2v) is 4.74. The summed E-state index contributed by atoms with van der Waals surface area (Å²) in [6.45, 7) is 0. The van der Waals surface area contributed by atoms with Crippen LogP contribution in [0.5, 0.6) is 0 Å². The Morgan fingerprint density at radius 2 is 1.74 bits per heavy atom. The van der Waals surface area contributed by atoms with Gasteiger partial charge in [-0.05, 0) is 18.2 Å². The van der Waals surface area contributed by atoms with E-state index in [0.29, 0.717) is 10.9 Å². The van der Waals surface area contributed by atoms with Crippen molar-refractivity contribution < 1.29 is 13.2 Å². The van der Waals surface area contributed by atoms with Crippen molar-refractivity contribution in [3.63, 3.8) is 0 Å². The molecule has 0 spiro atoms. The summed E-state index contributed by atoms with van der Waals surface area (Å²) in [7, 11) is 0. The van der Waals surface area contributed by atoms with Crippen LogP contribution in [0.2, 0.25) is 0 Å². The average Bonchev–Trinajstić information content (AvgIpc) is 2.54. The second kappa shape index (κ2) is 5.68. The number of hydrogen-bond donors (Lipinski definition) is 0. The Labute approximate surface area is 128 Å². The lowest BCUT2D eigenvalue weighted by molar-refractivity contribution is -0.137. The predicted octanol–water partition coefficient (Wildman–Crippen LogP) is 3.30. The Morgan fingerprint density at radius 3 is 2.52 bits per heavy atom. The molecule has 4 nitrogen and oxygen atoms in total. The van der Waals surface area contributed by atoms with Gasteiger partial charge < -0.3 is 0 Å². The zero-order chi connectivity index (χ0) is 16.4. The van der Waals surface area contributed by atoms with Gasteiger partial charge in [0.25, 0.3) is 5.56 Å². The molecule has 0 amide bonds. The van der Waals surface area contributed by atoms with Gasteiger partial charge in [-0.3, -0.25) is 4.79 Å². The normalized spacial score (nSPS) is 12.1. The number of alkyl halides is 3. The van der Waals surface area contributed by atoms with E-state index in [1.807, 2.05) is 0 Å². The molecule has 0 unspecified atom stereocenters. The van der Waals surface area contributed by atoms with Crippen LogP contribution < -0.4 is 5.56 Å². The Bertz CT molecular complexity index is 945. The maximum Gasteiger partial charge on any atom is 0.417 e. The van der Waals surface area contributed by atoms with E-state index in [-0.39, 0.29) is 5.56 Å². The molecule has 0 N–H and O–H groups in total. The van der Waals surface area contributed by atoms with Crippen LogP contribution in [0.3, 0.4) is 0 Å². The van der Waals surface area contributed by atoms with E-state index in [4.69, 9.17) is 0 Å². The summed E-state index contributed by atoms with van der Waals surface area (Å²) in [4.78, 5) is 16.3. The monoisotopic (exact) mass is 317 g/mol. The summed E-state index contributed by atoms with van der Waals surface area (Å²) in [5, 5.41) is 4.16. The number of halogens is 3. The van der Waals surface area contributed by atoms with Gasteiger partial charge in [-0.1, -0.05) is 30.3 Å². The van der Waals surface area contributed by atoms with Gasteiger partial charge in [-0.2, -0.15) is 22.9 Å². The first-order valence-corrected chi connectivity index (χ1v) is 6.64. The number of fused-ring (bicyclic) bond motifs is 1. The Morgan fingerprint density at radius 1 is 1.04 bits per heavy atom. The molecular weight excluding hydrogens is 307 g/mol. The van der Waals surface area contributed by atoms with Crippen LogP contribution in [-0.2, 0) is 6.18 Å². The third-order valence-electron chi connectivity index (χ3n) is 3.24. The highest BCUT2D eigenvalue weighted by molar-refractivity contribution is 5.82. The minimum absolute atomic E-state index is 0.125. The van der Waals surface area contributed by atoms with Crippen molar-refractivity contribution in [2.45, 2.75) is 6.18 Å². The minimum atomic E-state index is -4.49. The maximum atomic E-state index is 12.9. The fourth-order valence-corrected chi connectivity index (χ4v) is 2.13. The summed E-state index contributed by atoms with van der Waals surface area (Å²) in [6, 6.07) is 11.7. The van der Waals surface area contributed by atoms with Gasteiger partial charge in [0.15, 0.2) is 0 Å². The first kappa shape index (κ1) is 15.0. The van der Waals surface area contributed by atoms with E-state index in [0.717, 1.165) is 17.0 Å². The molecular formula is C16H10F3N3O. The Hall–Kier alpha value is -2.96. The quantitative estimate of drug-likeness (QED) is 0.681. The highest BCUT2D eigenvalue weighted by Crippen LogP contribution is 2.31. The van der Waals surface area contributed by atoms with E-state index in [1.54, 1.807) is 24.3 Å². The van der Waals surface area contributed by atoms with Gasteiger partial charge in [0.05, 0.1) is 22.7 Å². The fraction of sp³-hybridized carbons (Fsp3) is 0.0625. The second-order valence-electron chi connectivity index (χ2n) is 4.74. The highest BCUT2D eigenvalue weighted by Gasteiger charge is 2.32. The maximum absolute atomic E-state index is 12.9. The molecule has 0 aliphatic heterocycles. The van der Waals surface area contributed by atoms with Crippen LogP contribution in [0.4, 0.5) is 13.2 Å². The molecule has 7 heteroatoms. The van der Waals surface area contributed by atoms with E-state index < -0.39 is 17.3 Å². The van der Waals surface area contributed by atoms with Crippen LogP contribution in [0, 0.1) is 0 Å². The van der Waals surface area contributed by atoms with Crippen molar-refractivity contribution in [2.24, 2.45) is 5.10 Å². The molecule has 0 bridgehead atoms. The summed E-state index contributed by atoms with van der Waals surface area (Å²) in [5.74, 6) is 0. The van der Waals surface area contributed by atoms with Gasteiger partial charge >= 0.3 is 6.18 Å². The molecule has 3 rings (SSSR count). The van der Waals surface area contributed by atoms with Crippen molar-refractivity contribution in [1.29, 1.82) is 0 Å². The lowest BCUT2D eigenvalue weighted by Gasteiger charge is -2.09. The Kier molecular flexibility index (Phi) is 3.69. The van der Waals surface area contributed by atoms with Crippen LogP contribution >= 0.6 is 0 Å². The van der Waals surface area contributed by atoms with Crippen molar-refractivity contribution in [3.05, 3.63) is 76.3 Å². The number of benzene rings is 2. The summed E-state index contributed by atoms with van der Waals surface area (Å²) < 4.78 is 39.7. The molecule has 0 aliphatic carbocycles. The molecule has 0 atom stereocenters. The zero-order valence-electron chi connectivity index (χ0n) is 11.7. The lowest BCUT2D eigenvalue weighted by Crippen LogP contribution is -2.17. The third kappa shape index (κ3) is 2.98. The summed E-state index contributed by atoms with van der Waals surface area (Å²) in [6.07, 6.45) is -2.31. The van der Waals surface area contributed by atoms with Crippen LogP contribution in [-0.4, -0.2) is 15.9 Å². The molecule has 0 saturated carbocycles. The van der Waals surface area contributed by atoms with Gasteiger partial charge in [0, 0.05) is 5.56 Å². The molecule has 0 radical (unpaired) electrons. The molecule has 1 heterocycles. The van der Waals surface area contributed by atoms with Gasteiger partial charge in [0.1, 0.15) is 6.33 Å². The lowest BCUT2D eigenvalue weighted by atomic mass is 10.1. The number of rotatable bonds is 2. The number of hydrogen-bond acceptors (Lipinski definition) is 3. The van der Waals surface area contributed by atoms with E-state index in [9.17, 15) is 18.0 Å². The van der Waals surface area contributed by atoms with E-state index in [1.165, 1.54) is 24.5 Å². The molecule has 0 fully saturated rings. The zero-order valence-corrected chi connectivity index (χ0v) is 11.7. The van der Waals surface area contributed by atoms with Crippen molar-refractivity contribution >= 4 is 17.1 Å². The van der Waals surface area contributed by atoms with Gasteiger partial charge in [0.2, 0.25) is 0 Å². The number of para-hydroxylation sites is 1. The standard InChI is InChI=1S/C16H10F3N3O/c17-16(18,19)13-7-3-1-5-11(13)9-21-22-10-20-14-8-4-2-6-12(14)15(22)23/h1-10H/b21-9+. The molecule has 3 aromatic rings. The van der Waals surface area contributed by atoms with Crippen molar-refractivity contribution in [2.75, 3.05) is 0 Å². The molecule has 1 aromatic heterocycles. The highest BCUT2D eigenvalue weighted by atomic mass is 19.4. The number of aromatic nitrogens is 2. The molecule has 23 heavy (non-hydrogen) atoms. The molecule has 0 saturated heterocycles. The number of nitrogens with zero attached hydrogens (tertiary/aromatic N) is 3. The SMILES string of the molecule is O=c1c2ccccc2ncn1/N=C/c1ccccc1C(F)(F)F. The van der Waals surface area contributed by atoms with Gasteiger partial charge in [-0.25, -0.2) is 4.98 Å². The van der Waals surface area contributed by atoms with Crippen molar-refractivity contribution in [3.8, 4) is 0 Å². The molecule has 116 valence electrons. The summed E-state index contributed by atoms with van der Waals surface area (Å²) in [5.41, 5.74) is -0.887. The molecule has 2 aromatic carbocycles. The van der Waals surface area contributed by atoms with Gasteiger partial charge in [-0.15, -0.1) is 0 Å². The van der Waals surface area contributed by atoms with Crippen LogP contribution in [0.15, 0.2) is 64.8 Å². The predicted molar refractivity (Wildman–Crippen MR) is 80.4 cm³/mol. The average molecular weight is 317 g/mol. The van der Waals surface area contributed by atoms with E-state index in [2.05, 4.69) is 10.1 Å².